The van der Waals surface area contributed by atoms with Crippen molar-refractivity contribution in [2.45, 2.75) is 116 Å². The number of aromatic nitrogens is 2. The number of unbranched alkanes of at least 4 members (excludes halogenated alkanes) is 11. The fourth-order valence-corrected chi connectivity index (χ4v) is 6.44. The van der Waals surface area contributed by atoms with Crippen molar-refractivity contribution >= 4 is 46.5 Å². The number of amides is 1. The molecule has 11 heteroatoms. The van der Waals surface area contributed by atoms with Gasteiger partial charge in [-0.25, -0.2) is 14.2 Å². The van der Waals surface area contributed by atoms with Gasteiger partial charge < -0.3 is 15.2 Å². The third kappa shape index (κ3) is 10.7. The summed E-state index contributed by atoms with van der Waals surface area (Å²) in [6.07, 6.45) is 16.6. The Morgan fingerprint density at radius 3 is 2.08 bits per heavy atom. The Bertz CT molecular complexity index is 1630. The van der Waals surface area contributed by atoms with E-state index in [0.29, 0.717) is 12.8 Å². The topological polar surface area (TPSA) is 120 Å². The highest BCUT2D eigenvalue weighted by atomic mass is 35.5. The first-order valence-electron chi connectivity index (χ1n) is 17.6. The van der Waals surface area contributed by atoms with Crippen LogP contribution in [0.25, 0.3) is 0 Å². The fourth-order valence-electron chi connectivity index (χ4n) is 5.93. The zero-order valence-corrected chi connectivity index (χ0v) is 30.2. The van der Waals surface area contributed by atoms with Gasteiger partial charge in [-0.15, -0.1) is 0 Å². The minimum absolute atomic E-state index is 0.00589. The third-order valence-corrected chi connectivity index (χ3v) is 9.91. The maximum absolute atomic E-state index is 13.8. The van der Waals surface area contributed by atoms with Crippen molar-refractivity contribution in [3.63, 3.8) is 0 Å². The van der Waals surface area contributed by atoms with Crippen molar-refractivity contribution in [1.82, 2.24) is 9.13 Å². The number of rotatable bonds is 21. The maximum atomic E-state index is 13.8. The summed E-state index contributed by atoms with van der Waals surface area (Å²) < 4.78 is 7.52. The van der Waals surface area contributed by atoms with Gasteiger partial charge in [0.25, 0.3) is 5.91 Å². The van der Waals surface area contributed by atoms with Crippen LogP contribution in [0.15, 0.2) is 53.5 Å². The third-order valence-electron chi connectivity index (χ3n) is 9.28. The molecule has 1 saturated carbocycles. The second kappa shape index (κ2) is 18.4. The van der Waals surface area contributed by atoms with E-state index < -0.39 is 40.7 Å². The van der Waals surface area contributed by atoms with E-state index in [1.54, 1.807) is 6.92 Å². The molecule has 0 radical (unpaired) electrons. The van der Waals surface area contributed by atoms with E-state index in [9.17, 15) is 24.3 Å². The number of hydrogen-bond acceptors (Lipinski definition) is 6. The second-order valence-electron chi connectivity index (χ2n) is 13.4. The first-order valence-corrected chi connectivity index (χ1v) is 18.4. The molecule has 1 heterocycles. The van der Waals surface area contributed by atoms with Crippen molar-refractivity contribution in [2.75, 3.05) is 11.9 Å². The molecule has 1 amide bonds. The number of anilines is 1. The normalized spacial score (nSPS) is 14.0. The van der Waals surface area contributed by atoms with Crippen molar-refractivity contribution in [3.8, 4) is 5.88 Å². The highest BCUT2D eigenvalue weighted by Crippen LogP contribution is 2.48. The van der Waals surface area contributed by atoms with Gasteiger partial charge in [-0.2, -0.15) is 0 Å². The Morgan fingerprint density at radius 2 is 1.49 bits per heavy atom. The van der Waals surface area contributed by atoms with Gasteiger partial charge in [-0.05, 0) is 37.0 Å². The van der Waals surface area contributed by atoms with Gasteiger partial charge in [0.15, 0.2) is 11.8 Å². The lowest BCUT2D eigenvalue weighted by molar-refractivity contribution is -0.133. The number of imidazole rings is 1. The molecule has 1 atom stereocenters. The Kier molecular flexibility index (Phi) is 14.4. The molecule has 1 aromatic heterocycles. The van der Waals surface area contributed by atoms with Crippen LogP contribution >= 0.6 is 23.2 Å². The first-order chi connectivity index (χ1) is 23.6. The number of carbonyl (C=O) groups excluding carboxylic acids is 3. The molecule has 3 aromatic rings. The maximum Gasteiger partial charge on any atom is 0.339 e. The van der Waals surface area contributed by atoms with Gasteiger partial charge in [-0.1, -0.05) is 138 Å². The van der Waals surface area contributed by atoms with Gasteiger partial charge in [0, 0.05) is 5.41 Å². The van der Waals surface area contributed by atoms with Crippen molar-refractivity contribution in [3.05, 3.63) is 80.3 Å². The van der Waals surface area contributed by atoms with E-state index in [-0.39, 0.29) is 34.4 Å². The number of halogens is 2. The van der Waals surface area contributed by atoms with E-state index in [0.717, 1.165) is 29.4 Å². The molecule has 49 heavy (non-hydrogen) atoms. The number of ether oxygens (including phenoxy) is 1. The molecular formula is C38H49Cl2N3O6. The lowest BCUT2D eigenvalue weighted by Crippen LogP contribution is -2.41. The minimum Gasteiger partial charge on any atom is -0.493 e. The summed E-state index contributed by atoms with van der Waals surface area (Å²) in [5.74, 6) is -2.58. The summed E-state index contributed by atoms with van der Waals surface area (Å²) in [4.78, 5) is 53.9. The summed E-state index contributed by atoms with van der Waals surface area (Å²) >= 11 is 12.8. The fraction of sp³-hybridized carbons (Fsp3) is 0.526. The summed E-state index contributed by atoms with van der Waals surface area (Å²) in [6.45, 7) is 4.32. The molecule has 1 fully saturated rings. The quantitative estimate of drug-likeness (QED) is 0.0646. The standard InChI is InChI=1S/C38H49Cl2N3O6/c1-3-4-5-6-7-8-9-10-11-12-13-17-22-49-36(47)28-23-31(30(40)24-29(28)39)41-35(46)33(34(45)38(2)20-21-38)43-32(44)26-42(37(43)48)25-27-18-15-14-16-19-27/h14-16,18-19,23-24,26,33,44H,3-13,17,20-22,25H2,1-2H3,(H,41,46). The molecule has 9 nitrogen and oxygen atoms in total. The molecule has 1 aliphatic carbocycles. The average Bonchev–Trinajstić information content (AvgIpc) is 3.78. The van der Waals surface area contributed by atoms with Crippen LogP contribution < -0.4 is 11.0 Å². The number of nitrogens with one attached hydrogen (secondary N) is 1. The van der Waals surface area contributed by atoms with Crippen LogP contribution in [0, 0.1) is 5.41 Å². The van der Waals surface area contributed by atoms with Crippen LogP contribution in [0.4, 0.5) is 5.69 Å². The summed E-state index contributed by atoms with van der Waals surface area (Å²) in [6, 6.07) is 10.1. The first kappa shape index (κ1) is 38.2. The van der Waals surface area contributed by atoms with Gasteiger partial charge in [0.05, 0.1) is 40.6 Å². The molecule has 2 aromatic carbocycles. The molecule has 2 N–H and O–H groups in total. The molecule has 0 saturated heterocycles. The van der Waals surface area contributed by atoms with Crippen LogP contribution in [0.1, 0.15) is 126 Å². The zero-order chi connectivity index (χ0) is 35.4. The van der Waals surface area contributed by atoms with Crippen molar-refractivity contribution < 1.29 is 24.2 Å². The largest absolute Gasteiger partial charge is 0.493 e. The minimum atomic E-state index is -1.68. The van der Waals surface area contributed by atoms with E-state index in [1.807, 2.05) is 30.3 Å². The number of benzene rings is 2. The molecule has 0 spiro atoms. The number of nitrogens with zero attached hydrogens (tertiary/aromatic N) is 2. The number of ketones is 1. The second-order valence-corrected chi connectivity index (χ2v) is 14.2. The van der Waals surface area contributed by atoms with E-state index >= 15 is 0 Å². The molecule has 1 unspecified atom stereocenters. The summed E-state index contributed by atoms with van der Waals surface area (Å²) in [5.41, 5.74) is -0.713. The Balaban J connectivity index is 1.37. The van der Waals surface area contributed by atoms with Gasteiger partial charge >= 0.3 is 11.7 Å². The van der Waals surface area contributed by atoms with Crippen LogP contribution in [0.3, 0.4) is 0 Å². The van der Waals surface area contributed by atoms with E-state index in [2.05, 4.69) is 12.2 Å². The van der Waals surface area contributed by atoms with Crippen molar-refractivity contribution in [1.29, 1.82) is 0 Å². The number of Topliss-reactive ketones (excluding diaryl/α,β-unsaturated/α-hetero) is 1. The number of aromatic hydroxyl groups is 1. The van der Waals surface area contributed by atoms with E-state index in [4.69, 9.17) is 27.9 Å². The Labute approximate surface area is 298 Å². The lowest BCUT2D eigenvalue weighted by atomic mass is 9.96. The number of esters is 1. The van der Waals surface area contributed by atoms with Crippen molar-refractivity contribution in [2.24, 2.45) is 5.41 Å². The average molecular weight is 715 g/mol. The molecule has 4 rings (SSSR count). The van der Waals surface area contributed by atoms with Gasteiger partial charge in [0.1, 0.15) is 0 Å². The molecule has 266 valence electrons. The number of carbonyl (C=O) groups is 3. The monoisotopic (exact) mass is 713 g/mol. The zero-order valence-electron chi connectivity index (χ0n) is 28.6. The van der Waals surface area contributed by atoms with E-state index in [1.165, 1.54) is 80.7 Å². The molecular weight excluding hydrogens is 665 g/mol. The Hall–Kier alpha value is -3.56. The lowest BCUT2D eigenvalue weighted by Gasteiger charge is -2.21. The van der Waals surface area contributed by atoms with Gasteiger partial charge in [-0.3, -0.25) is 14.2 Å². The van der Waals surface area contributed by atoms with Crippen LogP contribution in [-0.2, 0) is 20.9 Å². The predicted octanol–water partition coefficient (Wildman–Crippen LogP) is 9.12. The highest BCUT2D eigenvalue weighted by Gasteiger charge is 2.51. The molecule has 1 aliphatic rings. The predicted molar refractivity (Wildman–Crippen MR) is 194 cm³/mol. The van der Waals surface area contributed by atoms with Crippen LogP contribution in [0.5, 0.6) is 5.88 Å². The van der Waals surface area contributed by atoms with Gasteiger partial charge in [0.2, 0.25) is 5.88 Å². The molecule has 0 aliphatic heterocycles. The van der Waals surface area contributed by atoms with Crippen LogP contribution in [0.2, 0.25) is 10.0 Å². The number of hydrogen-bond donors (Lipinski definition) is 2. The molecule has 0 bridgehead atoms. The SMILES string of the molecule is CCCCCCCCCCCCCCOC(=O)c1cc(NC(=O)C(C(=O)C2(C)CC2)n2c(O)cn(Cc3ccccc3)c2=O)c(Cl)cc1Cl. The smallest absolute Gasteiger partial charge is 0.339 e. The summed E-state index contributed by atoms with van der Waals surface area (Å²) in [5, 5.41) is 13.5. The Morgan fingerprint density at radius 1 is 0.898 bits per heavy atom. The summed E-state index contributed by atoms with van der Waals surface area (Å²) in [7, 11) is 0. The highest BCUT2D eigenvalue weighted by molar-refractivity contribution is 6.38. The van der Waals surface area contributed by atoms with Crippen LogP contribution in [-0.4, -0.2) is 38.5 Å².